The van der Waals surface area contributed by atoms with Gasteiger partial charge in [0.15, 0.2) is 5.43 Å². The first-order chi connectivity index (χ1) is 8.08. The van der Waals surface area contributed by atoms with E-state index in [1.807, 2.05) is 0 Å². The molecule has 0 atom stereocenters. The lowest BCUT2D eigenvalue weighted by Gasteiger charge is -2.00. The Balaban J connectivity index is 2.49. The molecular weight excluding hydrogens is 227 g/mol. The normalized spacial score (nSPS) is 10.6. The number of halogens is 1. The summed E-state index contributed by atoms with van der Waals surface area (Å²) in [5.74, 6) is -1.52. The molecule has 0 amide bonds. The monoisotopic (exact) mass is 236 g/mol. The van der Waals surface area contributed by atoms with Gasteiger partial charge in [-0.25, -0.2) is 4.39 Å². The average Bonchev–Trinajstić information content (AvgIpc) is 2.29. The fourth-order valence-corrected chi connectivity index (χ4v) is 1.56. The van der Waals surface area contributed by atoms with Crippen molar-refractivity contribution in [3.05, 3.63) is 46.1 Å². The molecule has 0 bridgehead atoms. The maximum Gasteiger partial charge on any atom is 0.303 e. The zero-order valence-corrected chi connectivity index (χ0v) is 8.77. The Morgan fingerprint density at radius 2 is 2.18 bits per heavy atom. The molecular formula is C12H9FO4. The van der Waals surface area contributed by atoms with Crippen molar-refractivity contribution in [1.82, 2.24) is 0 Å². The van der Waals surface area contributed by atoms with Gasteiger partial charge in [0.2, 0.25) is 0 Å². The molecule has 0 aliphatic carbocycles. The SMILES string of the molecule is O=C(O)CCc1coc2ccc(F)cc2c1=O. The van der Waals surface area contributed by atoms with Crippen molar-refractivity contribution in [2.45, 2.75) is 12.8 Å². The van der Waals surface area contributed by atoms with Crippen LogP contribution in [0.15, 0.2) is 33.7 Å². The molecule has 88 valence electrons. The number of carboxylic acids is 1. The van der Waals surface area contributed by atoms with Gasteiger partial charge in [-0.1, -0.05) is 0 Å². The fourth-order valence-electron chi connectivity index (χ4n) is 1.56. The van der Waals surface area contributed by atoms with Crippen LogP contribution in [0.5, 0.6) is 0 Å². The van der Waals surface area contributed by atoms with Crippen LogP contribution in [0.4, 0.5) is 4.39 Å². The van der Waals surface area contributed by atoms with Gasteiger partial charge in [-0.15, -0.1) is 0 Å². The Bertz CT molecular complexity index is 630. The molecule has 0 unspecified atom stereocenters. The van der Waals surface area contributed by atoms with E-state index in [2.05, 4.69) is 0 Å². The number of rotatable bonds is 3. The highest BCUT2D eigenvalue weighted by molar-refractivity contribution is 5.77. The first-order valence-electron chi connectivity index (χ1n) is 4.99. The Morgan fingerprint density at radius 3 is 2.88 bits per heavy atom. The van der Waals surface area contributed by atoms with Gasteiger partial charge in [0.05, 0.1) is 11.6 Å². The van der Waals surface area contributed by atoms with Crippen LogP contribution in [0, 0.1) is 5.82 Å². The average molecular weight is 236 g/mol. The van der Waals surface area contributed by atoms with Gasteiger partial charge >= 0.3 is 5.97 Å². The van der Waals surface area contributed by atoms with Gasteiger partial charge in [-0.2, -0.15) is 0 Å². The number of carbonyl (C=O) groups is 1. The molecule has 17 heavy (non-hydrogen) atoms. The molecule has 0 radical (unpaired) electrons. The van der Waals surface area contributed by atoms with E-state index in [4.69, 9.17) is 9.52 Å². The van der Waals surface area contributed by atoms with Crippen LogP contribution in [-0.2, 0) is 11.2 Å². The van der Waals surface area contributed by atoms with E-state index >= 15 is 0 Å². The molecule has 2 aromatic rings. The summed E-state index contributed by atoms with van der Waals surface area (Å²) in [7, 11) is 0. The van der Waals surface area contributed by atoms with Crippen LogP contribution < -0.4 is 5.43 Å². The second-order valence-corrected chi connectivity index (χ2v) is 3.62. The number of hydrogen-bond donors (Lipinski definition) is 1. The summed E-state index contributed by atoms with van der Waals surface area (Å²) in [6.07, 6.45) is 1.14. The lowest BCUT2D eigenvalue weighted by Crippen LogP contribution is -2.10. The highest BCUT2D eigenvalue weighted by Gasteiger charge is 2.09. The van der Waals surface area contributed by atoms with Gasteiger partial charge in [0.1, 0.15) is 11.4 Å². The third kappa shape index (κ3) is 2.33. The molecule has 1 aromatic heterocycles. The summed E-state index contributed by atoms with van der Waals surface area (Å²) in [6, 6.07) is 3.65. The van der Waals surface area contributed by atoms with Crippen LogP contribution >= 0.6 is 0 Å². The van der Waals surface area contributed by atoms with Gasteiger partial charge < -0.3 is 9.52 Å². The van der Waals surface area contributed by atoms with Crippen LogP contribution in [0.1, 0.15) is 12.0 Å². The highest BCUT2D eigenvalue weighted by Crippen LogP contribution is 2.13. The minimum absolute atomic E-state index is 0.0735. The molecule has 0 aliphatic heterocycles. The number of aryl methyl sites for hydroxylation is 1. The summed E-state index contributed by atoms with van der Waals surface area (Å²) < 4.78 is 18.1. The smallest absolute Gasteiger partial charge is 0.303 e. The third-order valence-electron chi connectivity index (χ3n) is 2.41. The van der Waals surface area contributed by atoms with Gasteiger partial charge in [-0.05, 0) is 24.6 Å². The van der Waals surface area contributed by atoms with E-state index in [1.165, 1.54) is 18.4 Å². The zero-order chi connectivity index (χ0) is 12.4. The number of aliphatic carboxylic acids is 1. The zero-order valence-electron chi connectivity index (χ0n) is 8.77. The molecule has 0 saturated carbocycles. The van der Waals surface area contributed by atoms with Gasteiger partial charge in [0, 0.05) is 12.0 Å². The number of benzene rings is 1. The van der Waals surface area contributed by atoms with Gasteiger partial charge in [0.25, 0.3) is 0 Å². The summed E-state index contributed by atoms with van der Waals surface area (Å²) in [4.78, 5) is 22.3. The number of carboxylic acid groups (broad SMARTS) is 1. The highest BCUT2D eigenvalue weighted by atomic mass is 19.1. The molecule has 1 heterocycles. The van der Waals surface area contributed by atoms with E-state index < -0.39 is 11.8 Å². The standard InChI is InChI=1S/C12H9FO4/c13-8-2-3-10-9(5-8)12(16)7(6-17-10)1-4-11(14)15/h2-3,5-6H,1,4H2,(H,14,15). The second kappa shape index (κ2) is 4.37. The molecule has 0 spiro atoms. The van der Waals surface area contributed by atoms with E-state index in [0.29, 0.717) is 0 Å². The van der Waals surface area contributed by atoms with E-state index in [0.717, 1.165) is 6.07 Å². The predicted octanol–water partition coefficient (Wildman–Crippen LogP) is 1.95. The van der Waals surface area contributed by atoms with Crippen molar-refractivity contribution in [3.8, 4) is 0 Å². The molecule has 1 aromatic carbocycles. The Labute approximate surface area is 95.3 Å². The summed E-state index contributed by atoms with van der Waals surface area (Å²) >= 11 is 0. The number of fused-ring (bicyclic) bond motifs is 1. The molecule has 1 N–H and O–H groups in total. The maximum atomic E-state index is 13.0. The van der Waals surface area contributed by atoms with Crippen molar-refractivity contribution < 1.29 is 18.7 Å². The fraction of sp³-hybridized carbons (Fsp3) is 0.167. The molecule has 0 saturated heterocycles. The summed E-state index contributed by atoms with van der Waals surface area (Å²) in [5.41, 5.74) is 0.146. The summed E-state index contributed by atoms with van der Waals surface area (Å²) in [5, 5.41) is 8.66. The topological polar surface area (TPSA) is 67.5 Å². The van der Waals surface area contributed by atoms with Crippen LogP contribution in [0.3, 0.4) is 0 Å². The van der Waals surface area contributed by atoms with Crippen molar-refractivity contribution in [1.29, 1.82) is 0 Å². The number of hydrogen-bond acceptors (Lipinski definition) is 3. The second-order valence-electron chi connectivity index (χ2n) is 3.62. The van der Waals surface area contributed by atoms with Crippen LogP contribution in [-0.4, -0.2) is 11.1 Å². The van der Waals surface area contributed by atoms with Crippen molar-refractivity contribution >= 4 is 16.9 Å². The first kappa shape index (κ1) is 11.3. The largest absolute Gasteiger partial charge is 0.481 e. The van der Waals surface area contributed by atoms with Crippen LogP contribution in [0.2, 0.25) is 0 Å². The first-order valence-corrected chi connectivity index (χ1v) is 4.99. The minimum atomic E-state index is -0.997. The molecule has 2 rings (SSSR count). The van der Waals surface area contributed by atoms with E-state index in [-0.39, 0.29) is 34.8 Å². The molecule has 5 heteroatoms. The lowest BCUT2D eigenvalue weighted by molar-refractivity contribution is -0.136. The van der Waals surface area contributed by atoms with E-state index in [9.17, 15) is 14.0 Å². The Morgan fingerprint density at radius 1 is 1.41 bits per heavy atom. The third-order valence-corrected chi connectivity index (χ3v) is 2.41. The molecule has 4 nitrogen and oxygen atoms in total. The minimum Gasteiger partial charge on any atom is -0.481 e. The predicted molar refractivity (Wildman–Crippen MR) is 58.4 cm³/mol. The Kier molecular flexibility index (Phi) is 2.91. The Hall–Kier alpha value is -2.17. The van der Waals surface area contributed by atoms with Crippen molar-refractivity contribution in [2.24, 2.45) is 0 Å². The van der Waals surface area contributed by atoms with Gasteiger partial charge in [-0.3, -0.25) is 9.59 Å². The molecule has 0 aliphatic rings. The quantitative estimate of drug-likeness (QED) is 0.884. The van der Waals surface area contributed by atoms with Crippen molar-refractivity contribution in [3.63, 3.8) is 0 Å². The maximum absolute atomic E-state index is 13.0. The van der Waals surface area contributed by atoms with Crippen LogP contribution in [0.25, 0.3) is 11.0 Å². The molecule has 0 fully saturated rings. The van der Waals surface area contributed by atoms with E-state index in [1.54, 1.807) is 0 Å². The summed E-state index contributed by atoms with van der Waals surface area (Å²) in [6.45, 7) is 0. The van der Waals surface area contributed by atoms with Crippen molar-refractivity contribution in [2.75, 3.05) is 0 Å². The lowest BCUT2D eigenvalue weighted by atomic mass is 10.1.